The van der Waals surface area contributed by atoms with Crippen molar-refractivity contribution < 1.29 is 0 Å². The first-order valence-corrected chi connectivity index (χ1v) is 60.5. The molecule has 0 aromatic heterocycles. The van der Waals surface area contributed by atoms with E-state index in [1.165, 1.54) is 114 Å². The Labute approximate surface area is 660 Å². The first-order chi connectivity index (χ1) is 54.6. The molecule has 11 aromatic rings. The SMILES string of the molecule is [B]1B2B3[BH2-]P123NP12(c3cc4c5c(c3)N(c3ccccc3)c3ccccc3B5c3ccccc3-4)B3[BH2-]B1B32.[B]1B2B3[BH2-]P123NP12(c3ccc4c5c3N(c3ccccc3)C3C=CC=C[C@@H]3B5c3ccccc3-4)B3[BH2-]B1B32.[B]1B2B3[BH2-]P123NP12(c3ccccc3N3c4ccccc4B4c5ccccc5-c5cccc3c54)B3[BH2-]B1B32. The van der Waals surface area contributed by atoms with Crippen LogP contribution in [0.3, 0.4) is 0 Å². The maximum absolute atomic E-state index is 4.91. The molecule has 0 amide bonds. The van der Waals surface area contributed by atoms with Crippen molar-refractivity contribution in [1.82, 2.24) is 14.6 Å². The summed E-state index contributed by atoms with van der Waals surface area (Å²) in [5, 5.41) is 5.46. The fourth-order valence-electron chi connectivity index (χ4n) is 36.0. The van der Waals surface area contributed by atoms with Crippen molar-refractivity contribution in [2.75, 3.05) is 14.7 Å². The number of benzene rings is 11. The van der Waals surface area contributed by atoms with Gasteiger partial charge in [0, 0.05) is 0 Å². The van der Waals surface area contributed by atoms with Crippen molar-refractivity contribution in [3.8, 4) is 33.4 Å². The van der Waals surface area contributed by atoms with Crippen LogP contribution in [0, 0.1) is 0 Å². The van der Waals surface area contributed by atoms with E-state index < -0.39 is 38.0 Å². The Morgan fingerprint density at radius 2 is 0.775 bits per heavy atom. The van der Waals surface area contributed by atoms with Gasteiger partial charge >= 0.3 is 666 Å². The number of nitrogens with zero attached hydrogens (tertiary/aromatic N) is 3. The number of anilines is 8. The van der Waals surface area contributed by atoms with Gasteiger partial charge in [0.2, 0.25) is 0 Å². The normalized spacial score (nSPS) is 29.2. The number of fused-ring (bicyclic) bond motifs is 18. The molecular weight excluding hydrogens is 1430 g/mol. The number of para-hydroxylation sites is 5. The van der Waals surface area contributed by atoms with Crippen molar-refractivity contribution >= 4 is 319 Å². The van der Waals surface area contributed by atoms with Crippen molar-refractivity contribution in [3.05, 3.63) is 273 Å². The first-order valence-electron chi connectivity index (χ1n) is 44.5. The Morgan fingerprint density at radius 1 is 0.333 bits per heavy atom. The molecule has 497 valence electrons. The average molecular weight is 1490 g/mol. The van der Waals surface area contributed by atoms with Crippen LogP contribution in [0.4, 0.5) is 45.5 Å². The van der Waals surface area contributed by atoms with E-state index in [4.69, 9.17) is 14.6 Å². The molecule has 21 fully saturated rings. The van der Waals surface area contributed by atoms with Crippen LogP contribution in [-0.4, -0.2) is 182 Å². The third-order valence-corrected chi connectivity index (χ3v) is 96.1. The van der Waals surface area contributed by atoms with Gasteiger partial charge in [-0.2, -0.15) is 0 Å². The molecule has 39 rings (SSSR count). The maximum atomic E-state index is 4.91. The molecule has 2 atom stereocenters. The minimum absolute atomic E-state index is 0.300. The molecule has 21 saturated heterocycles. The summed E-state index contributed by atoms with van der Waals surface area (Å²) in [6.45, 7) is 11.0. The summed E-state index contributed by atoms with van der Waals surface area (Å²) < 4.78 is 0. The topological polar surface area (TPSA) is 45.8 Å². The van der Waals surface area contributed by atoms with Gasteiger partial charge in [-0.15, -0.1) is 0 Å². The van der Waals surface area contributed by atoms with Gasteiger partial charge in [-0.3, -0.25) is 0 Å². The summed E-state index contributed by atoms with van der Waals surface area (Å²) in [6.07, 6.45) is 17.5. The van der Waals surface area contributed by atoms with Crippen LogP contribution in [-0.2, 0) is 0 Å². The van der Waals surface area contributed by atoms with Crippen LogP contribution in [0.2, 0.25) is 5.82 Å². The van der Waals surface area contributed by atoms with Gasteiger partial charge in [-0.1, -0.05) is 0 Å². The Balaban J connectivity index is 0.0000000801. The van der Waals surface area contributed by atoms with Crippen molar-refractivity contribution in [1.29, 1.82) is 0 Å². The molecule has 3 N–H and O–H groups in total. The quantitative estimate of drug-likeness (QED) is 0.126. The van der Waals surface area contributed by atoms with Crippen molar-refractivity contribution in [3.63, 3.8) is 0 Å². The number of hydrogen-bond donors (Lipinski definition) is 3. The number of hydrogen-bond acceptors (Lipinski definition) is 6. The van der Waals surface area contributed by atoms with E-state index in [0.717, 1.165) is 74.6 Å². The predicted molar refractivity (Wildman–Crippen MR) is 538 cm³/mol. The first kappa shape index (κ1) is 60.1. The summed E-state index contributed by atoms with van der Waals surface area (Å²) in [6, 6.07) is 97.0. The van der Waals surface area contributed by atoms with E-state index in [2.05, 4.69) is 308 Å². The van der Waals surface area contributed by atoms with Crippen LogP contribution >= 0.6 is 38.0 Å². The molecule has 111 heavy (non-hydrogen) atoms. The molecule has 27 aliphatic heterocycles. The Morgan fingerprint density at radius 3 is 1.33 bits per heavy atom. The van der Waals surface area contributed by atoms with Gasteiger partial charge in [-0.25, -0.2) is 0 Å². The standard InChI is InChI=1S/2C24H20B9N2P2.C24H22B9N2P2/c1-2-10-18-16(8-1)17-9-7-14-22-24(17)28(18)19-11-3-4-12-20(19)35(22)21-13-5-6-15-23(21)36(29-25-30(36)33(29)36)34-37-26-31(37)32(37)27-37;1-2-8-16(9-3-1)35-22-13-7-6-12-21(22)28-20-11-5-4-10-18(20)19-14-17(15-23(35)24(19)28)36(29-25-30(36)33(29)36)34-37-26-31(37)32(37)27-37;1-2-8-16(9-3-1)35-21-13-7-6-12-20(21)28-19-11-5-4-10-17(19)18-14-15-22(24(35)23(18)28)36(29-25-30(36)33(29)36)34-37-26-31(37)32(37)27-37/h2*1-15,34H,25-26H2;1-15,20-21,34H,25-26H2/q3*-2/t;;20-,21?/m..0/s1. The van der Waals surface area contributed by atoms with Gasteiger partial charge in [-0.05, 0) is 0 Å². The summed E-state index contributed by atoms with van der Waals surface area (Å²) in [5.74, 6) is 0.477. The van der Waals surface area contributed by atoms with E-state index in [-0.39, 0.29) is 0 Å². The summed E-state index contributed by atoms with van der Waals surface area (Å²) in [4.78, 5) is 22.8. The van der Waals surface area contributed by atoms with E-state index in [1.54, 1.807) is 32.9 Å². The second-order valence-electron chi connectivity index (χ2n) is 43.5. The molecule has 3 spiro atoms. The molecule has 1 aliphatic carbocycles. The van der Waals surface area contributed by atoms with Crippen LogP contribution in [0.5, 0.6) is 0 Å². The molecule has 11 aromatic carbocycles. The van der Waals surface area contributed by atoms with Crippen LogP contribution in [0.1, 0.15) is 0 Å². The van der Waals surface area contributed by atoms with Crippen molar-refractivity contribution in [2.24, 2.45) is 0 Å². The van der Waals surface area contributed by atoms with Gasteiger partial charge < -0.3 is 0 Å². The molecule has 1 unspecified atom stereocenters. The van der Waals surface area contributed by atoms with E-state index in [1.807, 2.05) is 10.6 Å². The molecular formula is C72H62B27N6P6-6. The molecule has 3 radical (unpaired) electrons. The Kier molecular flexibility index (Phi) is 9.28. The fraction of sp³-hybridized carbons (Fsp3) is 0.0278. The zero-order chi connectivity index (χ0) is 70.7. The van der Waals surface area contributed by atoms with E-state index >= 15 is 0 Å². The Hall–Kier alpha value is -5.49. The third kappa shape index (κ3) is 5.66. The summed E-state index contributed by atoms with van der Waals surface area (Å²) in [5.41, 5.74) is 32.7. The molecule has 27 heterocycles. The zero-order valence-electron chi connectivity index (χ0n) is 63.3. The van der Waals surface area contributed by atoms with Crippen LogP contribution in [0.15, 0.2) is 273 Å². The van der Waals surface area contributed by atoms with Gasteiger partial charge in [0.25, 0.3) is 0 Å². The number of allylic oxidation sites excluding steroid dienone is 2. The van der Waals surface area contributed by atoms with Gasteiger partial charge in [0.05, 0.1) is 0 Å². The number of nitrogens with one attached hydrogen (secondary N) is 3. The van der Waals surface area contributed by atoms with Crippen molar-refractivity contribution in [2.45, 2.75) is 11.9 Å². The second kappa shape index (κ2) is 17.2. The number of rotatable bonds is 12. The van der Waals surface area contributed by atoms with E-state index in [0.29, 0.717) is 73.9 Å². The summed E-state index contributed by atoms with van der Waals surface area (Å²) in [7, 11) is 0.920. The Bertz CT molecular complexity index is 6690. The van der Waals surface area contributed by atoms with E-state index in [9.17, 15) is 0 Å². The van der Waals surface area contributed by atoms with Crippen LogP contribution in [0.25, 0.3) is 33.4 Å². The van der Waals surface area contributed by atoms with Gasteiger partial charge in [0.15, 0.2) is 0 Å². The third-order valence-electron chi connectivity index (χ3n) is 42.5. The van der Waals surface area contributed by atoms with Crippen LogP contribution < -0.4 is 88.9 Å². The van der Waals surface area contributed by atoms with Gasteiger partial charge in [0.1, 0.15) is 0 Å². The molecule has 6 nitrogen and oxygen atoms in total. The summed E-state index contributed by atoms with van der Waals surface area (Å²) >= 11 is 0. The molecule has 39 heteroatoms. The molecule has 6 bridgehead atoms. The zero-order valence-corrected chi connectivity index (χ0v) is 68.7. The monoisotopic (exact) mass is 1490 g/mol. The second-order valence-corrected chi connectivity index (χ2v) is 79.7. The minimum atomic E-state index is -1.90. The molecule has 0 saturated carbocycles. The fourth-order valence-corrected chi connectivity index (χ4v) is 111. The molecule has 28 aliphatic rings. The predicted octanol–water partition coefficient (Wildman–Crippen LogP) is 1.08. The average Bonchev–Trinajstić information content (AvgIpc) is 1.34.